The smallest absolute Gasteiger partial charge is 0.318 e. The fourth-order valence-electron chi connectivity index (χ4n) is 3.29. The highest BCUT2D eigenvalue weighted by molar-refractivity contribution is 5.76. The monoisotopic (exact) mass is 349 g/mol. The molecule has 2 aromatic carbocycles. The van der Waals surface area contributed by atoms with Crippen molar-refractivity contribution in [3.05, 3.63) is 77.5 Å². The van der Waals surface area contributed by atoms with E-state index in [1.807, 2.05) is 30.3 Å². The number of carbonyl (C=O) groups is 1. The number of hydrogen-bond acceptors (Lipinski definition) is 2. The number of nitrogens with one attached hydrogen (secondary N) is 2. The molecule has 1 saturated heterocycles. The molecule has 4 nitrogen and oxygen atoms in total. The number of likely N-dealkylation sites (tertiary alicyclic amines) is 1. The number of urea groups is 1. The predicted molar refractivity (Wildman–Crippen MR) is 107 cm³/mol. The minimum Gasteiger partial charge on any atom is -0.335 e. The Bertz CT molecular complexity index is 734. The van der Waals surface area contributed by atoms with E-state index in [2.05, 4.69) is 52.8 Å². The first-order valence-corrected chi connectivity index (χ1v) is 9.26. The van der Waals surface area contributed by atoms with E-state index in [4.69, 9.17) is 0 Å². The highest BCUT2D eigenvalue weighted by atomic mass is 16.2. The molecule has 136 valence electrons. The van der Waals surface area contributed by atoms with E-state index in [9.17, 15) is 4.79 Å². The second-order valence-electron chi connectivity index (χ2n) is 6.84. The maximum atomic E-state index is 12.1. The number of hydrogen-bond donors (Lipinski definition) is 2. The van der Waals surface area contributed by atoms with Crippen LogP contribution in [0.4, 0.5) is 4.79 Å². The number of rotatable bonds is 5. The van der Waals surface area contributed by atoms with Gasteiger partial charge in [-0.1, -0.05) is 54.6 Å². The van der Waals surface area contributed by atoms with Gasteiger partial charge in [-0.25, -0.2) is 4.79 Å². The lowest BCUT2D eigenvalue weighted by Crippen LogP contribution is -2.46. The molecule has 1 fully saturated rings. The van der Waals surface area contributed by atoms with Gasteiger partial charge in [-0.3, -0.25) is 4.90 Å². The summed E-state index contributed by atoms with van der Waals surface area (Å²) >= 11 is 0. The van der Waals surface area contributed by atoms with Crippen LogP contribution in [0.5, 0.6) is 0 Å². The molecule has 4 heteroatoms. The molecule has 0 radical (unpaired) electrons. The van der Waals surface area contributed by atoms with E-state index >= 15 is 0 Å². The molecule has 1 aliphatic rings. The van der Waals surface area contributed by atoms with Crippen molar-refractivity contribution in [3.8, 4) is 0 Å². The molecular weight excluding hydrogens is 322 g/mol. The minimum atomic E-state index is -0.128. The van der Waals surface area contributed by atoms with Crippen LogP contribution in [0.2, 0.25) is 0 Å². The number of benzene rings is 2. The maximum Gasteiger partial charge on any atom is 0.318 e. The third-order valence-electron chi connectivity index (χ3n) is 4.84. The number of aryl methyl sites for hydroxylation is 1. The zero-order valence-corrected chi connectivity index (χ0v) is 15.3. The summed E-state index contributed by atoms with van der Waals surface area (Å²) in [7, 11) is 0. The first-order valence-electron chi connectivity index (χ1n) is 9.26. The molecule has 0 atom stereocenters. The van der Waals surface area contributed by atoms with Crippen molar-refractivity contribution < 1.29 is 4.79 Å². The first-order chi connectivity index (χ1) is 12.7. The zero-order chi connectivity index (χ0) is 18.2. The fourth-order valence-corrected chi connectivity index (χ4v) is 3.29. The Morgan fingerprint density at radius 3 is 2.50 bits per heavy atom. The van der Waals surface area contributed by atoms with Crippen molar-refractivity contribution in [3.63, 3.8) is 0 Å². The molecule has 2 amide bonds. The molecule has 0 aromatic heterocycles. The number of piperidine rings is 1. The first kappa shape index (κ1) is 18.2. The van der Waals surface area contributed by atoms with E-state index in [0.717, 1.165) is 38.0 Å². The summed E-state index contributed by atoms with van der Waals surface area (Å²) in [6.45, 7) is 5.07. The van der Waals surface area contributed by atoms with Gasteiger partial charge in [0, 0.05) is 31.9 Å². The van der Waals surface area contributed by atoms with Crippen molar-refractivity contribution in [1.82, 2.24) is 15.5 Å². The van der Waals surface area contributed by atoms with Crippen LogP contribution in [0.3, 0.4) is 0 Å². The van der Waals surface area contributed by atoms with Gasteiger partial charge in [-0.15, -0.1) is 0 Å². The third kappa shape index (κ3) is 5.46. The van der Waals surface area contributed by atoms with Gasteiger partial charge in [-0.05, 0) is 42.5 Å². The van der Waals surface area contributed by atoms with E-state index in [0.29, 0.717) is 0 Å². The van der Waals surface area contributed by atoms with Gasteiger partial charge in [0.2, 0.25) is 0 Å². The number of amides is 2. The Morgan fingerprint density at radius 1 is 1.08 bits per heavy atom. The van der Waals surface area contributed by atoms with Crippen LogP contribution >= 0.6 is 0 Å². The summed E-state index contributed by atoms with van der Waals surface area (Å²) in [5, 5.41) is 5.89. The zero-order valence-electron chi connectivity index (χ0n) is 15.3. The second-order valence-corrected chi connectivity index (χ2v) is 6.84. The average molecular weight is 349 g/mol. The lowest BCUT2D eigenvalue weighted by molar-refractivity contribution is 0.187. The number of nitrogens with zero attached hydrogens (tertiary/aromatic N) is 1. The summed E-state index contributed by atoms with van der Waals surface area (Å²) in [6.07, 6.45) is 5.61. The van der Waals surface area contributed by atoms with Crippen molar-refractivity contribution in [2.24, 2.45) is 0 Å². The van der Waals surface area contributed by atoms with E-state index in [-0.39, 0.29) is 12.1 Å². The normalized spacial score (nSPS) is 15.9. The molecule has 1 aliphatic heterocycles. The van der Waals surface area contributed by atoms with Crippen LogP contribution in [-0.4, -0.2) is 30.1 Å². The number of carbonyl (C=O) groups excluding carboxylic acids is 1. The quantitative estimate of drug-likeness (QED) is 0.859. The molecule has 1 heterocycles. The van der Waals surface area contributed by atoms with E-state index in [1.165, 1.54) is 11.1 Å². The summed E-state index contributed by atoms with van der Waals surface area (Å²) < 4.78 is 0. The lowest BCUT2D eigenvalue weighted by Gasteiger charge is -2.32. The molecule has 0 unspecified atom stereocenters. The second kappa shape index (κ2) is 9.20. The summed E-state index contributed by atoms with van der Waals surface area (Å²) in [5.41, 5.74) is 3.65. The minimum absolute atomic E-state index is 0.128. The van der Waals surface area contributed by atoms with Crippen molar-refractivity contribution in [2.45, 2.75) is 32.4 Å². The van der Waals surface area contributed by atoms with Gasteiger partial charge in [0.1, 0.15) is 0 Å². The Morgan fingerprint density at radius 2 is 1.77 bits per heavy atom. The highest BCUT2D eigenvalue weighted by Gasteiger charge is 2.20. The van der Waals surface area contributed by atoms with Gasteiger partial charge in [0.05, 0.1) is 0 Å². The Balaban J connectivity index is 1.39. The van der Waals surface area contributed by atoms with Crippen LogP contribution in [0.1, 0.15) is 29.5 Å². The Labute approximate surface area is 155 Å². The van der Waals surface area contributed by atoms with Crippen LogP contribution in [0.25, 0.3) is 6.08 Å². The topological polar surface area (TPSA) is 44.4 Å². The Kier molecular flexibility index (Phi) is 6.45. The lowest BCUT2D eigenvalue weighted by atomic mass is 10.0. The molecule has 26 heavy (non-hydrogen) atoms. The van der Waals surface area contributed by atoms with Crippen molar-refractivity contribution in [2.75, 3.05) is 13.1 Å². The van der Waals surface area contributed by atoms with Crippen LogP contribution in [0, 0.1) is 6.92 Å². The highest BCUT2D eigenvalue weighted by Crippen LogP contribution is 2.14. The van der Waals surface area contributed by atoms with Gasteiger partial charge >= 0.3 is 6.03 Å². The van der Waals surface area contributed by atoms with Gasteiger partial charge in [0.15, 0.2) is 0 Å². The van der Waals surface area contributed by atoms with E-state index < -0.39 is 0 Å². The SMILES string of the molecule is Cc1ccccc1/C=C/NC(=O)NC1CCN(Cc2ccccc2)CC1. The van der Waals surface area contributed by atoms with Crippen LogP contribution in [0.15, 0.2) is 60.8 Å². The van der Waals surface area contributed by atoms with Crippen LogP contribution < -0.4 is 10.6 Å². The molecule has 2 N–H and O–H groups in total. The maximum absolute atomic E-state index is 12.1. The summed E-state index contributed by atoms with van der Waals surface area (Å²) in [4.78, 5) is 14.5. The molecule has 0 saturated carbocycles. The standard InChI is InChI=1S/C22H27N3O/c1-18-7-5-6-10-20(18)11-14-23-22(26)24-21-12-15-25(16-13-21)17-19-8-3-2-4-9-19/h2-11,14,21H,12-13,15-17H2,1H3,(H2,23,24,26)/b14-11+. The summed E-state index contributed by atoms with van der Waals surface area (Å²) in [6, 6.07) is 18.8. The molecule has 0 aliphatic carbocycles. The van der Waals surface area contributed by atoms with Gasteiger partial charge in [0.25, 0.3) is 0 Å². The molecule has 0 spiro atoms. The van der Waals surface area contributed by atoms with Crippen LogP contribution in [-0.2, 0) is 6.54 Å². The fraction of sp³-hybridized carbons (Fsp3) is 0.318. The van der Waals surface area contributed by atoms with Crippen molar-refractivity contribution >= 4 is 12.1 Å². The van der Waals surface area contributed by atoms with Gasteiger partial charge < -0.3 is 10.6 Å². The van der Waals surface area contributed by atoms with Crippen molar-refractivity contribution in [1.29, 1.82) is 0 Å². The molecule has 0 bridgehead atoms. The predicted octanol–water partition coefficient (Wildman–Crippen LogP) is 3.93. The Hall–Kier alpha value is -2.59. The summed E-state index contributed by atoms with van der Waals surface area (Å²) in [5.74, 6) is 0. The molecule has 2 aromatic rings. The van der Waals surface area contributed by atoms with Gasteiger partial charge in [-0.2, -0.15) is 0 Å². The van der Waals surface area contributed by atoms with E-state index in [1.54, 1.807) is 6.20 Å². The average Bonchev–Trinajstić information content (AvgIpc) is 2.66. The molecular formula is C22H27N3O. The third-order valence-corrected chi connectivity index (χ3v) is 4.84. The largest absolute Gasteiger partial charge is 0.335 e. The molecule has 3 rings (SSSR count).